The second-order valence-corrected chi connectivity index (χ2v) is 5.80. The molecule has 0 bridgehead atoms. The van der Waals surface area contributed by atoms with Crippen LogP contribution in [-0.2, 0) is 4.74 Å². The largest absolute Gasteiger partial charge is 0.388 e. The van der Waals surface area contributed by atoms with Crippen molar-refractivity contribution in [3.8, 4) is 0 Å². The Labute approximate surface area is 103 Å². The van der Waals surface area contributed by atoms with E-state index in [9.17, 15) is 5.11 Å². The van der Waals surface area contributed by atoms with Crippen LogP contribution in [0.15, 0.2) is 0 Å². The van der Waals surface area contributed by atoms with Crippen LogP contribution in [0.3, 0.4) is 0 Å². The zero-order valence-electron chi connectivity index (χ0n) is 10.7. The van der Waals surface area contributed by atoms with Crippen molar-refractivity contribution in [3.63, 3.8) is 0 Å². The molecule has 1 fully saturated rings. The van der Waals surface area contributed by atoms with Gasteiger partial charge in [-0.3, -0.25) is 0 Å². The van der Waals surface area contributed by atoms with Crippen LogP contribution in [0, 0.1) is 0 Å². The lowest BCUT2D eigenvalue weighted by Gasteiger charge is -2.32. The highest BCUT2D eigenvalue weighted by Crippen LogP contribution is 2.17. The first-order valence-electron chi connectivity index (χ1n) is 6.13. The fourth-order valence-corrected chi connectivity index (χ4v) is 2.80. The van der Waals surface area contributed by atoms with Gasteiger partial charge in [-0.1, -0.05) is 6.92 Å². The Morgan fingerprint density at radius 2 is 2.31 bits per heavy atom. The Kier molecular flexibility index (Phi) is 6.11. The molecule has 1 aliphatic rings. The van der Waals surface area contributed by atoms with Crippen LogP contribution < -0.4 is 5.32 Å². The second-order valence-electron chi connectivity index (χ2n) is 4.93. The molecule has 1 saturated heterocycles. The van der Waals surface area contributed by atoms with E-state index in [1.165, 1.54) is 0 Å². The van der Waals surface area contributed by atoms with Crippen molar-refractivity contribution in [1.29, 1.82) is 0 Å². The van der Waals surface area contributed by atoms with Crippen molar-refractivity contribution in [3.05, 3.63) is 0 Å². The minimum Gasteiger partial charge on any atom is -0.388 e. The van der Waals surface area contributed by atoms with E-state index in [1.807, 2.05) is 13.2 Å². The number of nitrogens with one attached hydrogen (secondary N) is 1. The zero-order chi connectivity index (χ0) is 12.0. The van der Waals surface area contributed by atoms with Gasteiger partial charge in [0.25, 0.3) is 0 Å². The van der Waals surface area contributed by atoms with Crippen molar-refractivity contribution in [2.75, 3.05) is 25.2 Å². The number of hydrogen-bond donors (Lipinski definition) is 2. The van der Waals surface area contributed by atoms with Gasteiger partial charge in [0.1, 0.15) is 0 Å². The monoisotopic (exact) mass is 247 g/mol. The van der Waals surface area contributed by atoms with Crippen LogP contribution in [0.1, 0.15) is 33.1 Å². The highest BCUT2D eigenvalue weighted by Gasteiger charge is 2.25. The van der Waals surface area contributed by atoms with Gasteiger partial charge in [0.05, 0.1) is 11.7 Å². The summed E-state index contributed by atoms with van der Waals surface area (Å²) >= 11 is 1.69. The van der Waals surface area contributed by atoms with Crippen molar-refractivity contribution in [2.45, 2.75) is 50.9 Å². The van der Waals surface area contributed by atoms with Crippen LogP contribution in [0.5, 0.6) is 0 Å². The summed E-state index contributed by atoms with van der Waals surface area (Å²) in [5, 5.41) is 13.5. The molecule has 4 heteroatoms. The third-order valence-electron chi connectivity index (χ3n) is 3.05. The molecule has 0 aromatic carbocycles. The highest BCUT2D eigenvalue weighted by molar-refractivity contribution is 7.98. The van der Waals surface area contributed by atoms with E-state index in [0.717, 1.165) is 31.6 Å². The number of aliphatic hydroxyl groups is 1. The number of hydrogen-bond acceptors (Lipinski definition) is 4. The summed E-state index contributed by atoms with van der Waals surface area (Å²) in [6, 6.07) is 0.507. The van der Waals surface area contributed by atoms with Gasteiger partial charge < -0.3 is 15.2 Å². The van der Waals surface area contributed by atoms with E-state index < -0.39 is 5.60 Å². The summed E-state index contributed by atoms with van der Waals surface area (Å²) in [6.07, 6.45) is 5.64. The van der Waals surface area contributed by atoms with Gasteiger partial charge in [-0.2, -0.15) is 11.8 Å². The van der Waals surface area contributed by atoms with Gasteiger partial charge >= 0.3 is 0 Å². The van der Waals surface area contributed by atoms with E-state index in [-0.39, 0.29) is 0 Å². The fraction of sp³-hybridized carbons (Fsp3) is 1.00. The van der Waals surface area contributed by atoms with Gasteiger partial charge in [-0.05, 0) is 32.4 Å². The molecule has 3 unspecified atom stereocenters. The number of thioether (sulfide) groups is 1. The molecule has 3 atom stereocenters. The summed E-state index contributed by atoms with van der Waals surface area (Å²) in [7, 11) is 0. The van der Waals surface area contributed by atoms with E-state index in [2.05, 4.69) is 12.2 Å². The number of rotatable bonds is 6. The summed E-state index contributed by atoms with van der Waals surface area (Å²) in [5.74, 6) is 0.778. The molecule has 96 valence electrons. The first-order valence-corrected chi connectivity index (χ1v) is 7.53. The maximum absolute atomic E-state index is 10.1. The van der Waals surface area contributed by atoms with Gasteiger partial charge in [0.15, 0.2) is 0 Å². The molecule has 0 radical (unpaired) electrons. The Morgan fingerprint density at radius 1 is 1.56 bits per heavy atom. The molecule has 0 saturated carbocycles. The van der Waals surface area contributed by atoms with Crippen molar-refractivity contribution in [2.24, 2.45) is 0 Å². The lowest BCUT2D eigenvalue weighted by Crippen LogP contribution is -2.47. The quantitative estimate of drug-likeness (QED) is 0.749. The van der Waals surface area contributed by atoms with Crippen LogP contribution >= 0.6 is 11.8 Å². The molecule has 3 nitrogen and oxygen atoms in total. The fourth-order valence-electron chi connectivity index (χ4n) is 2.08. The smallest absolute Gasteiger partial charge is 0.0833 e. The van der Waals surface area contributed by atoms with E-state index in [4.69, 9.17) is 4.74 Å². The molecule has 1 rings (SSSR count). The molecule has 2 N–H and O–H groups in total. The molecule has 1 heterocycles. The molecule has 0 aromatic rings. The summed E-state index contributed by atoms with van der Waals surface area (Å²) in [4.78, 5) is 0. The summed E-state index contributed by atoms with van der Waals surface area (Å²) in [5.41, 5.74) is -0.598. The first kappa shape index (κ1) is 14.3. The minimum absolute atomic E-state index is 0.400. The molecular weight excluding hydrogens is 222 g/mol. The predicted octanol–water partition coefficient (Wildman–Crippen LogP) is 1.65. The SMILES string of the molecule is CCC1CC(NCC(C)(O)CSC)CCO1. The van der Waals surface area contributed by atoms with Crippen molar-refractivity contribution >= 4 is 11.8 Å². The van der Waals surface area contributed by atoms with Crippen molar-refractivity contribution < 1.29 is 9.84 Å². The Morgan fingerprint density at radius 3 is 2.94 bits per heavy atom. The second kappa shape index (κ2) is 6.84. The zero-order valence-corrected chi connectivity index (χ0v) is 11.5. The van der Waals surface area contributed by atoms with Crippen LogP contribution in [0.2, 0.25) is 0 Å². The normalized spacial score (nSPS) is 30.0. The third-order valence-corrected chi connectivity index (χ3v) is 3.96. The highest BCUT2D eigenvalue weighted by atomic mass is 32.2. The lowest BCUT2D eigenvalue weighted by atomic mass is 10.0. The van der Waals surface area contributed by atoms with Gasteiger partial charge in [0, 0.05) is 24.9 Å². The molecule has 16 heavy (non-hydrogen) atoms. The molecule has 0 spiro atoms. The molecule has 0 amide bonds. The maximum atomic E-state index is 10.1. The minimum atomic E-state index is -0.598. The van der Waals surface area contributed by atoms with E-state index >= 15 is 0 Å². The Balaban J connectivity index is 2.26. The van der Waals surface area contributed by atoms with Crippen LogP contribution in [0.25, 0.3) is 0 Å². The molecule has 0 aliphatic carbocycles. The van der Waals surface area contributed by atoms with Gasteiger partial charge in [-0.15, -0.1) is 0 Å². The maximum Gasteiger partial charge on any atom is 0.0833 e. The average molecular weight is 247 g/mol. The molecule has 0 aromatic heterocycles. The lowest BCUT2D eigenvalue weighted by molar-refractivity contribution is -0.00535. The average Bonchev–Trinajstić information content (AvgIpc) is 2.27. The van der Waals surface area contributed by atoms with E-state index in [0.29, 0.717) is 18.7 Å². The topological polar surface area (TPSA) is 41.5 Å². The van der Waals surface area contributed by atoms with Crippen LogP contribution in [-0.4, -0.2) is 48.0 Å². The number of ether oxygens (including phenoxy) is 1. The first-order chi connectivity index (χ1) is 7.57. The predicted molar refractivity (Wildman–Crippen MR) is 70.1 cm³/mol. The van der Waals surface area contributed by atoms with Gasteiger partial charge in [-0.25, -0.2) is 0 Å². The molecular formula is C12H25NO2S. The van der Waals surface area contributed by atoms with Crippen LogP contribution in [0.4, 0.5) is 0 Å². The summed E-state index contributed by atoms with van der Waals surface area (Å²) < 4.78 is 5.63. The Bertz CT molecular complexity index is 199. The summed E-state index contributed by atoms with van der Waals surface area (Å²) in [6.45, 7) is 5.58. The van der Waals surface area contributed by atoms with Gasteiger partial charge in [0.2, 0.25) is 0 Å². The van der Waals surface area contributed by atoms with Crippen molar-refractivity contribution in [1.82, 2.24) is 5.32 Å². The molecule has 1 aliphatic heterocycles. The standard InChI is InChI=1S/C12H25NO2S/c1-4-11-7-10(5-6-15-11)13-8-12(2,14)9-16-3/h10-11,13-14H,4-9H2,1-3H3. The van der Waals surface area contributed by atoms with E-state index in [1.54, 1.807) is 11.8 Å². The third kappa shape index (κ3) is 5.04. The Hall–Kier alpha value is 0.230.